The molecule has 3 aromatic rings. The number of hydrogen-bond acceptors (Lipinski definition) is 4. The smallest absolute Gasteiger partial charge is 0.234 e. The molecular weight excluding hydrogens is 467 g/mol. The Kier molecular flexibility index (Phi) is 8.45. The summed E-state index contributed by atoms with van der Waals surface area (Å²) in [6.45, 7) is 1.86. The molecule has 0 spiro atoms. The summed E-state index contributed by atoms with van der Waals surface area (Å²) >= 11 is 13.4. The van der Waals surface area contributed by atoms with E-state index in [1.165, 1.54) is 18.9 Å². The van der Waals surface area contributed by atoms with Crippen LogP contribution in [0.15, 0.2) is 65.6 Å². The minimum absolute atomic E-state index is 0.112. The van der Waals surface area contributed by atoms with Gasteiger partial charge in [-0.25, -0.2) is 0 Å². The van der Waals surface area contributed by atoms with Crippen LogP contribution in [-0.4, -0.2) is 24.7 Å². The lowest BCUT2D eigenvalue weighted by atomic mass is 10.1. The van der Waals surface area contributed by atoms with Gasteiger partial charge in [0.15, 0.2) is 0 Å². The molecule has 8 heteroatoms. The van der Waals surface area contributed by atoms with Gasteiger partial charge in [-0.3, -0.25) is 9.59 Å². The second-order valence-electron chi connectivity index (χ2n) is 7.01. The van der Waals surface area contributed by atoms with Gasteiger partial charge in [0.25, 0.3) is 0 Å². The van der Waals surface area contributed by atoms with Crippen LogP contribution in [-0.2, 0) is 16.0 Å². The fraction of sp³-hybridized carbons (Fsp3) is 0.167. The largest absolute Gasteiger partial charge is 0.495 e. The first kappa shape index (κ1) is 24.0. The van der Waals surface area contributed by atoms with Crippen LogP contribution < -0.4 is 15.4 Å². The average Bonchev–Trinajstić information content (AvgIpc) is 2.77. The van der Waals surface area contributed by atoms with Crippen LogP contribution in [0.25, 0.3) is 0 Å². The van der Waals surface area contributed by atoms with Gasteiger partial charge in [0.1, 0.15) is 5.75 Å². The first-order valence-corrected chi connectivity index (χ1v) is 11.5. The molecule has 0 saturated heterocycles. The second-order valence-corrected chi connectivity index (χ2v) is 8.91. The van der Waals surface area contributed by atoms with Crippen LogP contribution in [0.1, 0.15) is 11.1 Å². The molecule has 0 aliphatic heterocycles. The molecule has 2 amide bonds. The molecule has 3 rings (SSSR count). The standard InChI is InChI=1S/C24H22Cl2N2O3S/c1-15-11-21(22(31-2)13-20(15)26)28-24(30)14-32-19-9-7-18(8-10-19)27-23(29)12-16-3-5-17(25)6-4-16/h3-11,13H,12,14H2,1-2H3,(H,27,29)(H,28,30). The Balaban J connectivity index is 1.50. The molecule has 166 valence electrons. The first-order chi connectivity index (χ1) is 15.3. The van der Waals surface area contributed by atoms with Gasteiger partial charge in [0, 0.05) is 26.7 Å². The molecule has 0 heterocycles. The van der Waals surface area contributed by atoms with E-state index in [9.17, 15) is 9.59 Å². The van der Waals surface area contributed by atoms with E-state index >= 15 is 0 Å². The molecule has 0 bridgehead atoms. The van der Waals surface area contributed by atoms with Crippen molar-refractivity contribution in [3.63, 3.8) is 0 Å². The van der Waals surface area contributed by atoms with Crippen molar-refractivity contribution in [1.82, 2.24) is 0 Å². The van der Waals surface area contributed by atoms with E-state index in [1.807, 2.05) is 43.3 Å². The molecule has 0 unspecified atom stereocenters. The molecular formula is C24H22Cl2N2O3S. The molecule has 32 heavy (non-hydrogen) atoms. The maximum atomic E-state index is 12.4. The highest BCUT2D eigenvalue weighted by atomic mass is 35.5. The number of nitrogens with one attached hydrogen (secondary N) is 2. The number of methoxy groups -OCH3 is 1. The Morgan fingerprint density at radius 2 is 1.62 bits per heavy atom. The highest BCUT2D eigenvalue weighted by Crippen LogP contribution is 2.31. The molecule has 0 fully saturated rings. The number of amides is 2. The number of aryl methyl sites for hydroxylation is 1. The Morgan fingerprint density at radius 3 is 2.28 bits per heavy atom. The normalized spacial score (nSPS) is 10.5. The van der Waals surface area contributed by atoms with Crippen molar-refractivity contribution in [3.8, 4) is 5.75 Å². The zero-order valence-corrected chi connectivity index (χ0v) is 19.9. The summed E-state index contributed by atoms with van der Waals surface area (Å²) in [6, 6.07) is 18.0. The fourth-order valence-corrected chi connectivity index (χ4v) is 3.87. The molecule has 0 atom stereocenters. The predicted molar refractivity (Wildman–Crippen MR) is 132 cm³/mol. The minimum atomic E-state index is -0.157. The summed E-state index contributed by atoms with van der Waals surface area (Å²) in [6.07, 6.45) is 0.265. The van der Waals surface area contributed by atoms with E-state index in [4.69, 9.17) is 27.9 Å². The SMILES string of the molecule is COc1cc(Cl)c(C)cc1NC(=O)CSc1ccc(NC(=O)Cc2ccc(Cl)cc2)cc1. The number of ether oxygens (including phenoxy) is 1. The van der Waals surface area contributed by atoms with Gasteiger partial charge < -0.3 is 15.4 Å². The van der Waals surface area contributed by atoms with Gasteiger partial charge in [-0.05, 0) is 60.5 Å². The third-order valence-corrected chi connectivity index (χ3v) is 6.21. The van der Waals surface area contributed by atoms with Crippen LogP contribution in [0, 0.1) is 6.92 Å². The number of benzene rings is 3. The predicted octanol–water partition coefficient (Wildman–Crippen LogP) is 6.22. The van der Waals surface area contributed by atoms with E-state index in [2.05, 4.69) is 10.6 Å². The lowest BCUT2D eigenvalue weighted by Crippen LogP contribution is -2.15. The van der Waals surface area contributed by atoms with E-state index in [1.54, 1.807) is 24.3 Å². The van der Waals surface area contributed by atoms with Crippen molar-refractivity contribution in [2.24, 2.45) is 0 Å². The summed E-state index contributed by atoms with van der Waals surface area (Å²) in [5.41, 5.74) is 3.01. The van der Waals surface area contributed by atoms with Crippen molar-refractivity contribution < 1.29 is 14.3 Å². The van der Waals surface area contributed by atoms with E-state index < -0.39 is 0 Å². The quantitative estimate of drug-likeness (QED) is 0.369. The number of rotatable bonds is 8. The summed E-state index contributed by atoms with van der Waals surface area (Å²) in [7, 11) is 1.53. The lowest BCUT2D eigenvalue weighted by molar-refractivity contribution is -0.115. The zero-order chi connectivity index (χ0) is 23.1. The Hall–Kier alpha value is -2.67. The number of anilines is 2. The third-order valence-electron chi connectivity index (χ3n) is 4.54. The van der Waals surface area contributed by atoms with E-state index in [0.717, 1.165) is 16.0 Å². The maximum Gasteiger partial charge on any atom is 0.234 e. The van der Waals surface area contributed by atoms with Crippen LogP contribution in [0.2, 0.25) is 10.0 Å². The van der Waals surface area contributed by atoms with Gasteiger partial charge in [0.2, 0.25) is 11.8 Å². The maximum absolute atomic E-state index is 12.4. The number of hydrogen-bond donors (Lipinski definition) is 2. The number of carbonyl (C=O) groups is 2. The number of halogens is 2. The molecule has 0 aliphatic carbocycles. The van der Waals surface area contributed by atoms with Crippen LogP contribution >= 0.6 is 35.0 Å². The highest BCUT2D eigenvalue weighted by molar-refractivity contribution is 8.00. The van der Waals surface area contributed by atoms with Crippen LogP contribution in [0.5, 0.6) is 5.75 Å². The van der Waals surface area contributed by atoms with Gasteiger partial charge in [-0.2, -0.15) is 0 Å². The van der Waals surface area contributed by atoms with Gasteiger partial charge in [-0.1, -0.05) is 35.3 Å². The molecule has 0 saturated carbocycles. The zero-order valence-electron chi connectivity index (χ0n) is 17.6. The fourth-order valence-electron chi connectivity index (χ4n) is 2.89. The molecule has 5 nitrogen and oxygen atoms in total. The van der Waals surface area contributed by atoms with Gasteiger partial charge >= 0.3 is 0 Å². The summed E-state index contributed by atoms with van der Waals surface area (Å²) in [5.74, 6) is 0.472. The van der Waals surface area contributed by atoms with E-state index in [-0.39, 0.29) is 24.0 Å². The summed E-state index contributed by atoms with van der Waals surface area (Å²) in [5, 5.41) is 6.94. The molecule has 3 aromatic carbocycles. The van der Waals surface area contributed by atoms with Crippen LogP contribution in [0.4, 0.5) is 11.4 Å². The van der Waals surface area contributed by atoms with Gasteiger partial charge in [0.05, 0.1) is 25.0 Å². The third kappa shape index (κ3) is 6.92. The highest BCUT2D eigenvalue weighted by Gasteiger charge is 2.11. The van der Waals surface area contributed by atoms with E-state index in [0.29, 0.717) is 27.2 Å². The topological polar surface area (TPSA) is 67.4 Å². The van der Waals surface area contributed by atoms with Crippen molar-refractivity contribution >= 4 is 58.2 Å². The monoisotopic (exact) mass is 488 g/mol. The molecule has 2 N–H and O–H groups in total. The first-order valence-electron chi connectivity index (χ1n) is 9.75. The van der Waals surface area contributed by atoms with Crippen molar-refractivity contribution in [3.05, 3.63) is 81.8 Å². The number of thioether (sulfide) groups is 1. The molecule has 0 aliphatic rings. The second kappa shape index (κ2) is 11.3. The Morgan fingerprint density at radius 1 is 0.938 bits per heavy atom. The van der Waals surface area contributed by atoms with Gasteiger partial charge in [-0.15, -0.1) is 11.8 Å². The Labute approximate surface area is 201 Å². The number of carbonyl (C=O) groups excluding carboxylic acids is 2. The average molecular weight is 489 g/mol. The minimum Gasteiger partial charge on any atom is -0.495 e. The molecule has 0 radical (unpaired) electrons. The van der Waals surface area contributed by atoms with Crippen LogP contribution in [0.3, 0.4) is 0 Å². The lowest BCUT2D eigenvalue weighted by Gasteiger charge is -2.12. The van der Waals surface area contributed by atoms with Crippen molar-refractivity contribution in [2.75, 3.05) is 23.5 Å². The summed E-state index contributed by atoms with van der Waals surface area (Å²) in [4.78, 5) is 25.5. The Bertz CT molecular complexity index is 1100. The summed E-state index contributed by atoms with van der Waals surface area (Å²) < 4.78 is 5.29. The van der Waals surface area contributed by atoms with Crippen molar-refractivity contribution in [1.29, 1.82) is 0 Å². The molecule has 0 aromatic heterocycles. The van der Waals surface area contributed by atoms with Crippen molar-refractivity contribution in [2.45, 2.75) is 18.2 Å².